The van der Waals surface area contributed by atoms with Gasteiger partial charge in [-0.25, -0.2) is 0 Å². The summed E-state index contributed by atoms with van der Waals surface area (Å²) in [4.78, 5) is 2.90. The zero-order valence-electron chi connectivity index (χ0n) is 13.7. The Labute approximate surface area is 125 Å². The first-order valence-corrected chi connectivity index (χ1v) is 9.14. The molecule has 0 aromatic rings. The highest BCUT2D eigenvalue weighted by molar-refractivity contribution is 5.05. The Bertz CT molecular complexity index is 301. The van der Waals surface area contributed by atoms with Crippen LogP contribution in [0.1, 0.15) is 65.2 Å². The molecule has 3 rings (SSSR count). The Balaban J connectivity index is 1.53. The molecule has 2 aliphatic carbocycles. The van der Waals surface area contributed by atoms with Crippen molar-refractivity contribution in [1.29, 1.82) is 0 Å². The van der Waals surface area contributed by atoms with Gasteiger partial charge >= 0.3 is 0 Å². The normalized spacial score (nSPS) is 29.7. The van der Waals surface area contributed by atoms with Gasteiger partial charge in [-0.05, 0) is 75.4 Å². The molecule has 1 aliphatic heterocycles. The van der Waals surface area contributed by atoms with Gasteiger partial charge in [0.15, 0.2) is 0 Å². The lowest BCUT2D eigenvalue weighted by molar-refractivity contribution is 0.165. The summed E-state index contributed by atoms with van der Waals surface area (Å²) in [6.45, 7) is 10.1. The van der Waals surface area contributed by atoms with Crippen molar-refractivity contribution in [3.8, 4) is 0 Å². The van der Waals surface area contributed by atoms with Crippen molar-refractivity contribution in [2.75, 3.05) is 26.2 Å². The van der Waals surface area contributed by atoms with Crippen LogP contribution < -0.4 is 5.32 Å². The Hall–Kier alpha value is -0.0800. The lowest BCUT2D eigenvalue weighted by Crippen LogP contribution is -2.38. The van der Waals surface area contributed by atoms with Crippen molar-refractivity contribution in [3.63, 3.8) is 0 Å². The molecule has 0 aromatic heterocycles. The van der Waals surface area contributed by atoms with Gasteiger partial charge in [-0.15, -0.1) is 0 Å². The highest BCUT2D eigenvalue weighted by atomic mass is 15.2. The summed E-state index contributed by atoms with van der Waals surface area (Å²) < 4.78 is 0. The summed E-state index contributed by atoms with van der Waals surface area (Å²) >= 11 is 0. The van der Waals surface area contributed by atoms with E-state index in [1.807, 2.05) is 0 Å². The lowest BCUT2D eigenvalue weighted by atomic mass is 9.91. The van der Waals surface area contributed by atoms with Gasteiger partial charge in [0.1, 0.15) is 0 Å². The number of piperidine rings is 1. The smallest absolute Gasteiger partial charge is 0.00953 e. The molecule has 1 heterocycles. The molecule has 1 N–H and O–H groups in total. The van der Waals surface area contributed by atoms with Gasteiger partial charge in [0.25, 0.3) is 0 Å². The fourth-order valence-corrected chi connectivity index (χ4v) is 4.63. The maximum atomic E-state index is 3.54. The Kier molecular flexibility index (Phi) is 4.72. The van der Waals surface area contributed by atoms with Crippen LogP contribution >= 0.6 is 0 Å². The van der Waals surface area contributed by atoms with Gasteiger partial charge in [-0.2, -0.15) is 0 Å². The van der Waals surface area contributed by atoms with Crippen LogP contribution in [0.25, 0.3) is 0 Å². The molecule has 2 nitrogen and oxygen atoms in total. The molecule has 1 spiro atoms. The molecule has 2 heteroatoms. The summed E-state index contributed by atoms with van der Waals surface area (Å²) in [5.74, 6) is 1.88. The van der Waals surface area contributed by atoms with Crippen molar-refractivity contribution < 1.29 is 0 Å². The quantitative estimate of drug-likeness (QED) is 0.797. The van der Waals surface area contributed by atoms with Crippen molar-refractivity contribution in [2.45, 2.75) is 71.3 Å². The third kappa shape index (κ3) is 3.39. The van der Waals surface area contributed by atoms with Crippen LogP contribution in [0, 0.1) is 17.3 Å². The first-order chi connectivity index (χ1) is 9.70. The number of hydrogen-bond acceptors (Lipinski definition) is 2. The molecule has 2 saturated carbocycles. The molecular weight excluding hydrogens is 244 g/mol. The first-order valence-electron chi connectivity index (χ1n) is 9.14. The van der Waals surface area contributed by atoms with Crippen LogP contribution in [-0.4, -0.2) is 37.1 Å². The molecule has 116 valence electrons. The Morgan fingerprint density at radius 2 is 1.85 bits per heavy atom. The number of nitrogens with zero attached hydrogens (tertiary/aromatic N) is 1. The molecular formula is C18H34N2. The summed E-state index contributed by atoms with van der Waals surface area (Å²) in [5.41, 5.74) is 0.764. The third-order valence-corrected chi connectivity index (χ3v) is 6.25. The molecule has 1 saturated heterocycles. The SMILES string of the molecule is CC(C)CCN(CC1CC12CCNCC2)C1CCCC1. The highest BCUT2D eigenvalue weighted by Gasteiger charge is 2.54. The van der Waals surface area contributed by atoms with E-state index in [2.05, 4.69) is 24.1 Å². The topological polar surface area (TPSA) is 15.3 Å². The van der Waals surface area contributed by atoms with Crippen LogP contribution in [0.3, 0.4) is 0 Å². The monoisotopic (exact) mass is 278 g/mol. The second kappa shape index (κ2) is 6.36. The number of hydrogen-bond donors (Lipinski definition) is 1. The van der Waals surface area contributed by atoms with Crippen molar-refractivity contribution >= 4 is 0 Å². The molecule has 20 heavy (non-hydrogen) atoms. The van der Waals surface area contributed by atoms with Crippen molar-refractivity contribution in [2.24, 2.45) is 17.3 Å². The standard InChI is InChI=1S/C18H34N2/c1-15(2)7-12-20(17-5-3-4-6-17)14-16-13-18(16)8-10-19-11-9-18/h15-17,19H,3-14H2,1-2H3. The fraction of sp³-hybridized carbons (Fsp3) is 1.00. The fourth-order valence-electron chi connectivity index (χ4n) is 4.63. The third-order valence-electron chi connectivity index (χ3n) is 6.25. The molecule has 0 amide bonds. The van der Waals surface area contributed by atoms with E-state index in [0.717, 1.165) is 23.3 Å². The second-order valence-corrected chi connectivity index (χ2v) is 8.13. The van der Waals surface area contributed by atoms with Crippen LogP contribution in [-0.2, 0) is 0 Å². The second-order valence-electron chi connectivity index (χ2n) is 8.13. The van der Waals surface area contributed by atoms with E-state index in [0.29, 0.717) is 0 Å². The number of rotatable bonds is 6. The van der Waals surface area contributed by atoms with E-state index in [1.165, 1.54) is 77.5 Å². The zero-order valence-corrected chi connectivity index (χ0v) is 13.7. The zero-order chi connectivity index (χ0) is 14.0. The maximum Gasteiger partial charge on any atom is 0.00953 e. The molecule has 1 atom stereocenters. The number of nitrogens with one attached hydrogen (secondary N) is 1. The summed E-state index contributed by atoms with van der Waals surface area (Å²) in [7, 11) is 0. The van der Waals surface area contributed by atoms with E-state index >= 15 is 0 Å². The average Bonchev–Trinajstić information content (AvgIpc) is 2.89. The first kappa shape index (κ1) is 14.8. The van der Waals surface area contributed by atoms with Crippen LogP contribution in [0.2, 0.25) is 0 Å². The predicted octanol–water partition coefficient (Wildman–Crippen LogP) is 3.67. The van der Waals surface area contributed by atoms with Gasteiger partial charge < -0.3 is 10.2 Å². The van der Waals surface area contributed by atoms with E-state index in [9.17, 15) is 0 Å². The molecule has 0 bridgehead atoms. The van der Waals surface area contributed by atoms with Crippen molar-refractivity contribution in [3.05, 3.63) is 0 Å². The van der Waals surface area contributed by atoms with E-state index < -0.39 is 0 Å². The molecule has 3 aliphatic rings. The Morgan fingerprint density at radius 1 is 1.15 bits per heavy atom. The van der Waals surface area contributed by atoms with Crippen LogP contribution in [0.5, 0.6) is 0 Å². The minimum Gasteiger partial charge on any atom is -0.317 e. The highest BCUT2D eigenvalue weighted by Crippen LogP contribution is 2.58. The predicted molar refractivity (Wildman–Crippen MR) is 85.9 cm³/mol. The molecule has 3 fully saturated rings. The molecule has 0 radical (unpaired) electrons. The van der Waals surface area contributed by atoms with Crippen LogP contribution in [0.15, 0.2) is 0 Å². The van der Waals surface area contributed by atoms with E-state index in [-0.39, 0.29) is 0 Å². The van der Waals surface area contributed by atoms with E-state index in [1.54, 1.807) is 0 Å². The summed E-state index contributed by atoms with van der Waals surface area (Å²) in [6.07, 6.45) is 11.7. The largest absolute Gasteiger partial charge is 0.317 e. The van der Waals surface area contributed by atoms with Gasteiger partial charge in [0.2, 0.25) is 0 Å². The summed E-state index contributed by atoms with van der Waals surface area (Å²) in [6, 6.07) is 0.924. The average molecular weight is 278 g/mol. The van der Waals surface area contributed by atoms with Gasteiger partial charge in [-0.1, -0.05) is 26.7 Å². The Morgan fingerprint density at radius 3 is 2.50 bits per heavy atom. The maximum absolute atomic E-state index is 3.54. The van der Waals surface area contributed by atoms with E-state index in [4.69, 9.17) is 0 Å². The van der Waals surface area contributed by atoms with Gasteiger partial charge in [0.05, 0.1) is 0 Å². The summed E-state index contributed by atoms with van der Waals surface area (Å²) in [5, 5.41) is 3.54. The van der Waals surface area contributed by atoms with Crippen LogP contribution in [0.4, 0.5) is 0 Å². The minimum absolute atomic E-state index is 0.764. The van der Waals surface area contributed by atoms with Gasteiger partial charge in [-0.3, -0.25) is 0 Å². The minimum atomic E-state index is 0.764. The molecule has 0 aromatic carbocycles. The lowest BCUT2D eigenvalue weighted by Gasteiger charge is -2.31. The van der Waals surface area contributed by atoms with Crippen molar-refractivity contribution in [1.82, 2.24) is 10.2 Å². The van der Waals surface area contributed by atoms with Gasteiger partial charge in [0, 0.05) is 12.6 Å². The molecule has 1 unspecified atom stereocenters.